The standard InChI is InChI=1S/C15H24N4O/c1-13-5-6-16-15(17-13)19-7-3-2-4-14(19)12-18-8-10-20-11-9-18/h5-6,14H,2-4,7-12H2,1H3. The van der Waals surface area contributed by atoms with E-state index in [0.29, 0.717) is 6.04 Å². The highest BCUT2D eigenvalue weighted by Gasteiger charge is 2.27. The quantitative estimate of drug-likeness (QED) is 0.836. The Hall–Kier alpha value is -1.20. The topological polar surface area (TPSA) is 41.5 Å². The number of piperidine rings is 1. The van der Waals surface area contributed by atoms with Crippen LogP contribution in [-0.2, 0) is 4.74 Å². The number of anilines is 1. The van der Waals surface area contributed by atoms with Crippen molar-refractivity contribution in [3.05, 3.63) is 18.0 Å². The van der Waals surface area contributed by atoms with E-state index in [9.17, 15) is 0 Å². The second kappa shape index (κ2) is 6.50. The summed E-state index contributed by atoms with van der Waals surface area (Å²) in [6.07, 6.45) is 5.68. The van der Waals surface area contributed by atoms with Gasteiger partial charge < -0.3 is 9.64 Å². The summed E-state index contributed by atoms with van der Waals surface area (Å²) in [7, 11) is 0. The molecule has 2 fully saturated rings. The van der Waals surface area contributed by atoms with Gasteiger partial charge in [-0.1, -0.05) is 0 Å². The summed E-state index contributed by atoms with van der Waals surface area (Å²) in [5, 5.41) is 0. The van der Waals surface area contributed by atoms with Gasteiger partial charge in [-0.15, -0.1) is 0 Å². The van der Waals surface area contributed by atoms with Crippen molar-refractivity contribution < 1.29 is 4.74 Å². The molecule has 0 spiro atoms. The molecule has 0 bridgehead atoms. The van der Waals surface area contributed by atoms with Crippen molar-refractivity contribution in [3.63, 3.8) is 0 Å². The molecule has 0 amide bonds. The molecule has 5 nitrogen and oxygen atoms in total. The van der Waals surface area contributed by atoms with Gasteiger partial charge in [0.05, 0.1) is 13.2 Å². The monoisotopic (exact) mass is 276 g/mol. The van der Waals surface area contributed by atoms with Crippen molar-refractivity contribution in [2.24, 2.45) is 0 Å². The van der Waals surface area contributed by atoms with Crippen molar-refractivity contribution >= 4 is 5.95 Å². The van der Waals surface area contributed by atoms with Crippen LogP contribution in [0.25, 0.3) is 0 Å². The Morgan fingerprint density at radius 1 is 1.25 bits per heavy atom. The Balaban J connectivity index is 1.70. The van der Waals surface area contributed by atoms with E-state index in [-0.39, 0.29) is 0 Å². The first-order chi connectivity index (χ1) is 9.83. The van der Waals surface area contributed by atoms with Gasteiger partial charge in [0.2, 0.25) is 5.95 Å². The fourth-order valence-electron chi connectivity index (χ4n) is 3.11. The highest BCUT2D eigenvalue weighted by Crippen LogP contribution is 2.22. The summed E-state index contributed by atoms with van der Waals surface area (Å²) in [5.41, 5.74) is 1.05. The average Bonchev–Trinajstić information content (AvgIpc) is 2.49. The van der Waals surface area contributed by atoms with Gasteiger partial charge in [-0.3, -0.25) is 4.90 Å². The number of nitrogens with zero attached hydrogens (tertiary/aromatic N) is 4. The molecule has 1 aromatic rings. The van der Waals surface area contributed by atoms with E-state index in [1.54, 1.807) is 0 Å². The van der Waals surface area contributed by atoms with Gasteiger partial charge in [-0.2, -0.15) is 0 Å². The zero-order valence-electron chi connectivity index (χ0n) is 12.3. The van der Waals surface area contributed by atoms with Crippen molar-refractivity contribution in [3.8, 4) is 0 Å². The van der Waals surface area contributed by atoms with Crippen LogP contribution < -0.4 is 4.90 Å². The lowest BCUT2D eigenvalue weighted by Gasteiger charge is -2.39. The summed E-state index contributed by atoms with van der Waals surface area (Å²) in [6, 6.07) is 2.51. The van der Waals surface area contributed by atoms with Crippen LogP contribution in [0.1, 0.15) is 25.0 Å². The zero-order chi connectivity index (χ0) is 13.8. The fraction of sp³-hybridized carbons (Fsp3) is 0.733. The molecule has 3 rings (SSSR count). The Morgan fingerprint density at radius 3 is 2.90 bits per heavy atom. The van der Waals surface area contributed by atoms with E-state index >= 15 is 0 Å². The van der Waals surface area contributed by atoms with E-state index in [1.807, 2.05) is 19.2 Å². The molecule has 1 aromatic heterocycles. The van der Waals surface area contributed by atoms with Gasteiger partial charge >= 0.3 is 0 Å². The first-order valence-electron chi connectivity index (χ1n) is 7.69. The van der Waals surface area contributed by atoms with Gasteiger partial charge in [0.15, 0.2) is 0 Å². The lowest BCUT2D eigenvalue weighted by molar-refractivity contribution is 0.0338. The van der Waals surface area contributed by atoms with Gasteiger partial charge in [-0.25, -0.2) is 9.97 Å². The minimum atomic E-state index is 0.545. The van der Waals surface area contributed by atoms with Crippen LogP contribution >= 0.6 is 0 Å². The molecule has 1 atom stereocenters. The molecule has 0 N–H and O–H groups in total. The van der Waals surface area contributed by atoms with E-state index in [2.05, 4.69) is 19.8 Å². The summed E-state index contributed by atoms with van der Waals surface area (Å²) >= 11 is 0. The maximum atomic E-state index is 5.44. The molecule has 0 saturated carbocycles. The number of hydrogen-bond acceptors (Lipinski definition) is 5. The summed E-state index contributed by atoms with van der Waals surface area (Å²) in [4.78, 5) is 14.0. The third-order valence-electron chi connectivity index (χ3n) is 4.24. The molecule has 0 aromatic carbocycles. The number of aromatic nitrogens is 2. The van der Waals surface area contributed by atoms with E-state index in [0.717, 1.165) is 51.0 Å². The zero-order valence-corrected chi connectivity index (χ0v) is 12.3. The van der Waals surface area contributed by atoms with Crippen LogP contribution in [0.2, 0.25) is 0 Å². The van der Waals surface area contributed by atoms with Crippen LogP contribution in [0, 0.1) is 6.92 Å². The minimum absolute atomic E-state index is 0.545. The van der Waals surface area contributed by atoms with Gasteiger partial charge in [-0.05, 0) is 32.3 Å². The Kier molecular flexibility index (Phi) is 4.47. The maximum Gasteiger partial charge on any atom is 0.225 e. The van der Waals surface area contributed by atoms with Crippen LogP contribution in [-0.4, -0.2) is 60.3 Å². The lowest BCUT2D eigenvalue weighted by Crippen LogP contribution is -2.50. The molecule has 20 heavy (non-hydrogen) atoms. The average molecular weight is 276 g/mol. The van der Waals surface area contributed by atoms with E-state index in [4.69, 9.17) is 4.74 Å². The van der Waals surface area contributed by atoms with Crippen molar-refractivity contribution in [2.45, 2.75) is 32.2 Å². The molecule has 5 heteroatoms. The summed E-state index contributed by atoms with van der Waals surface area (Å²) < 4.78 is 5.44. The number of morpholine rings is 1. The van der Waals surface area contributed by atoms with Crippen LogP contribution in [0.15, 0.2) is 12.3 Å². The number of ether oxygens (including phenoxy) is 1. The molecule has 0 aliphatic carbocycles. The smallest absolute Gasteiger partial charge is 0.225 e. The summed E-state index contributed by atoms with van der Waals surface area (Å²) in [6.45, 7) is 8.07. The van der Waals surface area contributed by atoms with Gasteiger partial charge in [0.1, 0.15) is 0 Å². The second-order valence-corrected chi connectivity index (χ2v) is 5.75. The Bertz CT molecular complexity index is 434. The predicted molar refractivity (Wildman–Crippen MR) is 79.0 cm³/mol. The normalized spacial score (nSPS) is 24.9. The number of aryl methyl sites for hydroxylation is 1. The molecule has 110 valence electrons. The van der Waals surface area contributed by atoms with E-state index in [1.165, 1.54) is 19.3 Å². The largest absolute Gasteiger partial charge is 0.379 e. The Morgan fingerprint density at radius 2 is 2.10 bits per heavy atom. The Labute approximate surface area is 121 Å². The number of hydrogen-bond donors (Lipinski definition) is 0. The molecule has 0 radical (unpaired) electrons. The van der Waals surface area contributed by atoms with Crippen LogP contribution in [0.3, 0.4) is 0 Å². The third-order valence-corrected chi connectivity index (χ3v) is 4.24. The molecular weight excluding hydrogens is 252 g/mol. The SMILES string of the molecule is Cc1ccnc(N2CCCCC2CN2CCOCC2)n1. The molecule has 1 unspecified atom stereocenters. The van der Waals surface area contributed by atoms with Crippen molar-refractivity contribution in [2.75, 3.05) is 44.3 Å². The van der Waals surface area contributed by atoms with E-state index < -0.39 is 0 Å². The molecule has 2 aliphatic rings. The molecule has 2 aliphatic heterocycles. The van der Waals surface area contributed by atoms with Gasteiger partial charge in [0.25, 0.3) is 0 Å². The number of rotatable bonds is 3. The fourth-order valence-corrected chi connectivity index (χ4v) is 3.11. The van der Waals surface area contributed by atoms with Crippen LogP contribution in [0.4, 0.5) is 5.95 Å². The lowest BCUT2D eigenvalue weighted by atomic mass is 10.0. The van der Waals surface area contributed by atoms with Gasteiger partial charge in [0, 0.05) is 44.1 Å². The van der Waals surface area contributed by atoms with Crippen molar-refractivity contribution in [1.82, 2.24) is 14.9 Å². The van der Waals surface area contributed by atoms with Crippen molar-refractivity contribution in [1.29, 1.82) is 0 Å². The molecule has 3 heterocycles. The second-order valence-electron chi connectivity index (χ2n) is 5.75. The predicted octanol–water partition coefficient (Wildman–Crippen LogP) is 1.48. The highest BCUT2D eigenvalue weighted by atomic mass is 16.5. The minimum Gasteiger partial charge on any atom is -0.379 e. The highest BCUT2D eigenvalue weighted by molar-refractivity contribution is 5.33. The first kappa shape index (κ1) is 13.8. The first-order valence-corrected chi connectivity index (χ1v) is 7.69. The molecular formula is C15H24N4O. The molecule has 2 saturated heterocycles. The third kappa shape index (κ3) is 3.27. The summed E-state index contributed by atoms with van der Waals surface area (Å²) in [5.74, 6) is 0.906. The maximum absolute atomic E-state index is 5.44. The van der Waals surface area contributed by atoms with Crippen LogP contribution in [0.5, 0.6) is 0 Å².